The van der Waals surface area contributed by atoms with Gasteiger partial charge in [0.25, 0.3) is 0 Å². The Hall–Kier alpha value is -1.99. The van der Waals surface area contributed by atoms with E-state index >= 15 is 0 Å². The lowest BCUT2D eigenvalue weighted by atomic mass is 10.2. The van der Waals surface area contributed by atoms with Gasteiger partial charge in [0.1, 0.15) is 18.1 Å². The highest BCUT2D eigenvalue weighted by Gasteiger charge is 2.19. The van der Waals surface area contributed by atoms with E-state index in [-0.39, 0.29) is 0 Å². The number of β-amino-alcohol motifs (C(OH)–C–C–N with tert-alkyl or cyclic N) is 1. The molecule has 1 N–H and O–H groups in total. The van der Waals surface area contributed by atoms with Crippen LogP contribution in [0.4, 0.5) is 5.69 Å². The maximum absolute atomic E-state index is 10.3. The van der Waals surface area contributed by atoms with Crippen molar-refractivity contribution in [2.75, 3.05) is 64.6 Å². The summed E-state index contributed by atoms with van der Waals surface area (Å²) in [4.78, 5) is 4.59. The predicted molar refractivity (Wildman–Crippen MR) is 115 cm³/mol. The van der Waals surface area contributed by atoms with Crippen LogP contribution >= 0.6 is 11.6 Å². The average molecular weight is 421 g/mol. The highest BCUT2D eigenvalue weighted by molar-refractivity contribution is 6.30. The van der Waals surface area contributed by atoms with Crippen molar-refractivity contribution in [1.82, 2.24) is 4.90 Å². The molecule has 0 amide bonds. The fraction of sp³-hybridized carbons (Fsp3) is 0.455. The normalized spacial score (nSPS) is 15.9. The number of aliphatic hydroxyl groups is 1. The van der Waals surface area contributed by atoms with Crippen molar-refractivity contribution in [3.05, 3.63) is 53.6 Å². The molecule has 29 heavy (non-hydrogen) atoms. The van der Waals surface area contributed by atoms with E-state index in [1.807, 2.05) is 42.5 Å². The number of benzene rings is 2. The summed E-state index contributed by atoms with van der Waals surface area (Å²) in [6.07, 6.45) is -0.510. The van der Waals surface area contributed by atoms with E-state index in [1.54, 1.807) is 7.11 Å². The zero-order valence-electron chi connectivity index (χ0n) is 16.8. The lowest BCUT2D eigenvalue weighted by Gasteiger charge is -2.36. The second kappa shape index (κ2) is 11.3. The summed E-state index contributed by atoms with van der Waals surface area (Å²) in [7, 11) is 1.63. The van der Waals surface area contributed by atoms with Gasteiger partial charge in [-0.25, -0.2) is 0 Å². The first-order chi connectivity index (χ1) is 14.1. The maximum Gasteiger partial charge on any atom is 0.123 e. The third-order valence-corrected chi connectivity index (χ3v) is 5.10. The molecule has 158 valence electrons. The van der Waals surface area contributed by atoms with Crippen LogP contribution in [0.1, 0.15) is 0 Å². The molecule has 3 rings (SSSR count). The van der Waals surface area contributed by atoms with Crippen LogP contribution in [0.2, 0.25) is 5.02 Å². The van der Waals surface area contributed by atoms with Gasteiger partial charge in [0, 0.05) is 49.5 Å². The summed E-state index contributed by atoms with van der Waals surface area (Å²) in [6, 6.07) is 15.4. The zero-order valence-corrected chi connectivity index (χ0v) is 17.6. The highest BCUT2D eigenvalue weighted by Crippen LogP contribution is 2.21. The molecule has 0 aliphatic carbocycles. The second-order valence-corrected chi connectivity index (χ2v) is 7.46. The molecule has 2 aromatic rings. The number of anilines is 1. The minimum atomic E-state index is -0.510. The Labute approximate surface area is 177 Å². The molecule has 0 bridgehead atoms. The van der Waals surface area contributed by atoms with Gasteiger partial charge in [-0.1, -0.05) is 23.7 Å². The molecule has 0 unspecified atom stereocenters. The van der Waals surface area contributed by atoms with Gasteiger partial charge in [0.15, 0.2) is 0 Å². The van der Waals surface area contributed by atoms with Crippen LogP contribution in [-0.4, -0.2) is 75.8 Å². The summed E-state index contributed by atoms with van der Waals surface area (Å²) in [5, 5.41) is 11.0. The summed E-state index contributed by atoms with van der Waals surface area (Å²) in [6.45, 7) is 5.42. The lowest BCUT2D eigenvalue weighted by molar-refractivity contribution is 0.00717. The van der Waals surface area contributed by atoms with Crippen molar-refractivity contribution < 1.29 is 19.3 Å². The first-order valence-corrected chi connectivity index (χ1v) is 10.3. The Morgan fingerprint density at radius 1 is 1.00 bits per heavy atom. The van der Waals surface area contributed by atoms with Crippen molar-refractivity contribution >= 4 is 17.3 Å². The van der Waals surface area contributed by atoms with E-state index < -0.39 is 6.10 Å². The van der Waals surface area contributed by atoms with E-state index in [1.165, 1.54) is 0 Å². The Morgan fingerprint density at radius 2 is 1.76 bits per heavy atom. The third kappa shape index (κ3) is 7.08. The number of rotatable bonds is 10. The predicted octanol–water partition coefficient (Wildman–Crippen LogP) is 2.93. The monoisotopic (exact) mass is 420 g/mol. The molecule has 0 saturated carbocycles. The highest BCUT2D eigenvalue weighted by atomic mass is 35.5. The summed E-state index contributed by atoms with van der Waals surface area (Å²) >= 11 is 6.08. The van der Waals surface area contributed by atoms with Crippen LogP contribution in [0.15, 0.2) is 48.5 Å². The summed E-state index contributed by atoms with van der Waals surface area (Å²) in [5.74, 6) is 1.50. The Balaban J connectivity index is 1.28. The lowest BCUT2D eigenvalue weighted by Crippen LogP contribution is -2.49. The van der Waals surface area contributed by atoms with E-state index in [0.29, 0.717) is 26.4 Å². The Bertz CT molecular complexity index is 753. The standard InChI is InChI=1S/C22H29ClN2O4/c1-27-21-6-3-7-22(15-21)29-13-12-28-17-20(26)16-24-8-10-25(11-9-24)19-5-2-4-18(23)14-19/h2-7,14-15,20,26H,8-13,16-17H2,1H3/t20-/m0/s1. The molecule has 6 nitrogen and oxygen atoms in total. The molecule has 1 atom stereocenters. The van der Waals surface area contributed by atoms with Gasteiger partial charge >= 0.3 is 0 Å². The fourth-order valence-electron chi connectivity index (χ4n) is 3.34. The van der Waals surface area contributed by atoms with Gasteiger partial charge < -0.3 is 24.2 Å². The molecule has 1 fully saturated rings. The van der Waals surface area contributed by atoms with Gasteiger partial charge in [-0.2, -0.15) is 0 Å². The smallest absolute Gasteiger partial charge is 0.123 e. The number of hydrogen-bond donors (Lipinski definition) is 1. The van der Waals surface area contributed by atoms with Crippen molar-refractivity contribution in [1.29, 1.82) is 0 Å². The number of aliphatic hydroxyl groups excluding tert-OH is 1. The molecule has 7 heteroatoms. The van der Waals surface area contributed by atoms with Gasteiger partial charge in [0.2, 0.25) is 0 Å². The van der Waals surface area contributed by atoms with Crippen molar-refractivity contribution in [3.63, 3.8) is 0 Å². The number of ether oxygens (including phenoxy) is 3. The molecule has 1 saturated heterocycles. The third-order valence-electron chi connectivity index (χ3n) is 4.86. The van der Waals surface area contributed by atoms with Crippen LogP contribution in [0.25, 0.3) is 0 Å². The maximum atomic E-state index is 10.3. The quantitative estimate of drug-likeness (QED) is 0.596. The SMILES string of the molecule is COc1cccc(OCCOC[C@@H](O)CN2CCN(c3cccc(Cl)c3)CC2)c1. The molecule has 2 aromatic carbocycles. The summed E-state index contributed by atoms with van der Waals surface area (Å²) < 4.78 is 16.4. The van der Waals surface area contributed by atoms with Crippen molar-refractivity contribution in [2.45, 2.75) is 6.10 Å². The first kappa shape index (κ1) is 21.7. The minimum Gasteiger partial charge on any atom is -0.497 e. The summed E-state index contributed by atoms with van der Waals surface area (Å²) in [5.41, 5.74) is 1.15. The molecule has 0 radical (unpaired) electrons. The second-order valence-electron chi connectivity index (χ2n) is 7.02. The molecular weight excluding hydrogens is 392 g/mol. The van der Waals surface area contributed by atoms with E-state index in [2.05, 4.69) is 15.9 Å². The molecule has 0 spiro atoms. The average Bonchev–Trinajstić information content (AvgIpc) is 2.74. The first-order valence-electron chi connectivity index (χ1n) is 9.89. The molecule has 1 heterocycles. The van der Waals surface area contributed by atoms with Crippen LogP contribution < -0.4 is 14.4 Å². The number of halogens is 1. The van der Waals surface area contributed by atoms with Crippen LogP contribution in [-0.2, 0) is 4.74 Å². The molecule has 1 aliphatic heterocycles. The van der Waals surface area contributed by atoms with Crippen LogP contribution in [0.3, 0.4) is 0 Å². The topological polar surface area (TPSA) is 54.4 Å². The molecule has 1 aliphatic rings. The number of piperazine rings is 1. The zero-order chi connectivity index (χ0) is 20.5. The number of methoxy groups -OCH3 is 1. The molecular formula is C22H29ClN2O4. The van der Waals surface area contributed by atoms with E-state index in [9.17, 15) is 5.11 Å². The Morgan fingerprint density at radius 3 is 2.52 bits per heavy atom. The van der Waals surface area contributed by atoms with Crippen molar-refractivity contribution in [3.8, 4) is 11.5 Å². The van der Waals surface area contributed by atoms with Gasteiger partial charge in [0.05, 0.1) is 26.4 Å². The van der Waals surface area contributed by atoms with E-state index in [0.717, 1.165) is 48.4 Å². The van der Waals surface area contributed by atoms with Crippen molar-refractivity contribution in [2.24, 2.45) is 0 Å². The Kier molecular flexibility index (Phi) is 8.43. The minimum absolute atomic E-state index is 0.302. The van der Waals surface area contributed by atoms with Crippen LogP contribution in [0.5, 0.6) is 11.5 Å². The van der Waals surface area contributed by atoms with Gasteiger partial charge in [-0.15, -0.1) is 0 Å². The fourth-order valence-corrected chi connectivity index (χ4v) is 3.53. The van der Waals surface area contributed by atoms with Gasteiger partial charge in [-0.05, 0) is 30.3 Å². The largest absolute Gasteiger partial charge is 0.497 e. The molecule has 0 aromatic heterocycles. The number of hydrogen-bond acceptors (Lipinski definition) is 6. The van der Waals surface area contributed by atoms with E-state index in [4.69, 9.17) is 25.8 Å². The number of nitrogens with zero attached hydrogens (tertiary/aromatic N) is 2. The van der Waals surface area contributed by atoms with Gasteiger partial charge in [-0.3, -0.25) is 4.90 Å². The van der Waals surface area contributed by atoms with Crippen LogP contribution in [0, 0.1) is 0 Å².